The quantitative estimate of drug-likeness (QED) is 0.819. The van der Waals surface area contributed by atoms with Gasteiger partial charge in [-0.15, -0.1) is 0 Å². The minimum absolute atomic E-state index is 0.164. The van der Waals surface area contributed by atoms with E-state index in [9.17, 15) is 4.39 Å². The predicted molar refractivity (Wildman–Crippen MR) is 63.8 cm³/mol. The molecule has 2 nitrogen and oxygen atoms in total. The van der Waals surface area contributed by atoms with Crippen LogP contribution in [-0.4, -0.2) is 19.1 Å². The highest BCUT2D eigenvalue weighted by atomic mass is 19.1. The minimum atomic E-state index is -0.164. The normalized spacial score (nSPS) is 25.6. The van der Waals surface area contributed by atoms with E-state index in [0.717, 1.165) is 19.5 Å². The van der Waals surface area contributed by atoms with Crippen molar-refractivity contribution in [3.8, 4) is 0 Å². The molecule has 0 saturated carbocycles. The molecule has 1 aliphatic rings. The molecule has 1 aliphatic heterocycles. The lowest BCUT2D eigenvalue weighted by atomic mass is 9.94. The van der Waals surface area contributed by atoms with E-state index in [1.807, 2.05) is 12.1 Å². The fourth-order valence-corrected chi connectivity index (χ4v) is 2.34. The Labute approximate surface area is 96.2 Å². The van der Waals surface area contributed by atoms with Crippen LogP contribution in [0.25, 0.3) is 0 Å². The van der Waals surface area contributed by atoms with Crippen molar-refractivity contribution in [3.05, 3.63) is 35.6 Å². The van der Waals surface area contributed by atoms with Crippen LogP contribution in [0.15, 0.2) is 24.3 Å². The molecule has 0 bridgehead atoms. The molecule has 0 spiro atoms. The van der Waals surface area contributed by atoms with Crippen molar-refractivity contribution < 1.29 is 4.39 Å². The van der Waals surface area contributed by atoms with Crippen molar-refractivity contribution in [3.63, 3.8) is 0 Å². The second-order valence-corrected chi connectivity index (χ2v) is 4.34. The van der Waals surface area contributed by atoms with Crippen LogP contribution in [0.5, 0.6) is 0 Å². The second-order valence-electron chi connectivity index (χ2n) is 4.34. The van der Waals surface area contributed by atoms with Crippen LogP contribution >= 0.6 is 0 Å². The molecule has 0 radical (unpaired) electrons. The summed E-state index contributed by atoms with van der Waals surface area (Å²) >= 11 is 0. The Morgan fingerprint density at radius 1 is 1.38 bits per heavy atom. The van der Waals surface area contributed by atoms with Gasteiger partial charge in [0.2, 0.25) is 0 Å². The highest BCUT2D eigenvalue weighted by molar-refractivity contribution is 5.20. The zero-order valence-electron chi connectivity index (χ0n) is 9.67. The van der Waals surface area contributed by atoms with Gasteiger partial charge in [-0.3, -0.25) is 0 Å². The van der Waals surface area contributed by atoms with Gasteiger partial charge in [0.15, 0.2) is 0 Å². The van der Waals surface area contributed by atoms with Crippen molar-refractivity contribution in [2.75, 3.05) is 13.1 Å². The van der Waals surface area contributed by atoms with E-state index in [1.165, 1.54) is 24.1 Å². The topological polar surface area (TPSA) is 24.1 Å². The van der Waals surface area contributed by atoms with E-state index in [0.29, 0.717) is 12.1 Å². The molecule has 1 saturated heterocycles. The summed E-state index contributed by atoms with van der Waals surface area (Å²) in [7, 11) is 0. The third-order valence-corrected chi connectivity index (χ3v) is 3.17. The van der Waals surface area contributed by atoms with Gasteiger partial charge in [-0.1, -0.05) is 19.1 Å². The van der Waals surface area contributed by atoms with E-state index in [2.05, 4.69) is 17.6 Å². The van der Waals surface area contributed by atoms with E-state index >= 15 is 0 Å². The Morgan fingerprint density at radius 3 is 2.81 bits per heavy atom. The van der Waals surface area contributed by atoms with Gasteiger partial charge in [-0.2, -0.15) is 0 Å². The molecule has 3 heteroatoms. The predicted octanol–water partition coefficient (Wildman–Crippen LogP) is 2.23. The Bertz CT molecular complexity index is 321. The molecule has 1 fully saturated rings. The number of benzene rings is 1. The molecule has 1 heterocycles. The number of rotatable bonds is 3. The Hall–Kier alpha value is -0.930. The summed E-state index contributed by atoms with van der Waals surface area (Å²) in [5.74, 6) is -0.164. The third-order valence-electron chi connectivity index (χ3n) is 3.17. The van der Waals surface area contributed by atoms with Crippen molar-refractivity contribution in [1.82, 2.24) is 10.6 Å². The molecular formula is C13H19FN2. The Morgan fingerprint density at radius 2 is 2.12 bits per heavy atom. The fraction of sp³-hybridized carbons (Fsp3) is 0.538. The SMILES string of the molecule is CCN[C@@H]1CCN[C@H](c2ccc(F)cc2)C1. The van der Waals surface area contributed by atoms with Crippen molar-refractivity contribution in [1.29, 1.82) is 0 Å². The average molecular weight is 222 g/mol. The third kappa shape index (κ3) is 2.80. The molecular weight excluding hydrogens is 203 g/mol. The maximum atomic E-state index is 12.8. The maximum absolute atomic E-state index is 12.8. The molecule has 2 rings (SSSR count). The Balaban J connectivity index is 2.01. The fourth-order valence-electron chi connectivity index (χ4n) is 2.34. The average Bonchev–Trinajstić information content (AvgIpc) is 2.31. The second kappa shape index (κ2) is 5.41. The van der Waals surface area contributed by atoms with Crippen molar-refractivity contribution in [2.45, 2.75) is 31.8 Å². The maximum Gasteiger partial charge on any atom is 0.123 e. The van der Waals surface area contributed by atoms with Gasteiger partial charge in [0.05, 0.1) is 0 Å². The molecule has 2 atom stereocenters. The number of hydrogen-bond donors (Lipinski definition) is 2. The molecule has 0 amide bonds. The standard InChI is InChI=1S/C13H19FN2/c1-2-15-12-7-8-16-13(9-12)10-3-5-11(14)6-4-10/h3-6,12-13,15-16H,2,7-9H2,1H3/t12-,13+/m1/s1. The summed E-state index contributed by atoms with van der Waals surface area (Å²) in [6.07, 6.45) is 2.25. The monoisotopic (exact) mass is 222 g/mol. The highest BCUT2D eigenvalue weighted by Gasteiger charge is 2.21. The number of piperidine rings is 1. The van der Waals surface area contributed by atoms with E-state index in [1.54, 1.807) is 0 Å². The van der Waals surface area contributed by atoms with E-state index in [-0.39, 0.29) is 5.82 Å². The summed E-state index contributed by atoms with van der Waals surface area (Å²) in [5.41, 5.74) is 1.18. The molecule has 1 aromatic rings. The van der Waals surface area contributed by atoms with Gasteiger partial charge >= 0.3 is 0 Å². The van der Waals surface area contributed by atoms with Crippen LogP contribution in [0.3, 0.4) is 0 Å². The van der Waals surface area contributed by atoms with Crippen LogP contribution in [0, 0.1) is 5.82 Å². The molecule has 2 N–H and O–H groups in total. The number of halogens is 1. The zero-order valence-corrected chi connectivity index (χ0v) is 9.67. The number of hydrogen-bond acceptors (Lipinski definition) is 2. The molecule has 1 aromatic carbocycles. The first-order valence-corrected chi connectivity index (χ1v) is 6.02. The van der Waals surface area contributed by atoms with Gasteiger partial charge < -0.3 is 10.6 Å². The van der Waals surface area contributed by atoms with Crippen molar-refractivity contribution >= 4 is 0 Å². The molecule has 16 heavy (non-hydrogen) atoms. The molecule has 0 unspecified atom stereocenters. The zero-order chi connectivity index (χ0) is 11.4. The molecule has 0 aromatic heterocycles. The van der Waals surface area contributed by atoms with Crippen LogP contribution in [0.2, 0.25) is 0 Å². The van der Waals surface area contributed by atoms with Crippen LogP contribution < -0.4 is 10.6 Å². The molecule has 0 aliphatic carbocycles. The first-order valence-electron chi connectivity index (χ1n) is 6.02. The van der Waals surface area contributed by atoms with Gasteiger partial charge in [0.25, 0.3) is 0 Å². The van der Waals surface area contributed by atoms with Crippen LogP contribution in [0.1, 0.15) is 31.4 Å². The lowest BCUT2D eigenvalue weighted by Gasteiger charge is -2.31. The summed E-state index contributed by atoms with van der Waals surface area (Å²) in [4.78, 5) is 0. The summed E-state index contributed by atoms with van der Waals surface area (Å²) in [6.45, 7) is 4.18. The lowest BCUT2D eigenvalue weighted by molar-refractivity contribution is 0.327. The van der Waals surface area contributed by atoms with Crippen LogP contribution in [-0.2, 0) is 0 Å². The first-order chi connectivity index (χ1) is 7.79. The summed E-state index contributed by atoms with van der Waals surface area (Å²) < 4.78 is 12.8. The minimum Gasteiger partial charge on any atom is -0.314 e. The number of nitrogens with one attached hydrogen (secondary N) is 2. The van der Waals surface area contributed by atoms with Gasteiger partial charge in [0.1, 0.15) is 5.82 Å². The van der Waals surface area contributed by atoms with Gasteiger partial charge in [0, 0.05) is 12.1 Å². The van der Waals surface area contributed by atoms with Crippen molar-refractivity contribution in [2.24, 2.45) is 0 Å². The summed E-state index contributed by atoms with van der Waals surface area (Å²) in [5, 5.41) is 6.96. The smallest absolute Gasteiger partial charge is 0.123 e. The van der Waals surface area contributed by atoms with Gasteiger partial charge in [-0.25, -0.2) is 4.39 Å². The largest absolute Gasteiger partial charge is 0.314 e. The van der Waals surface area contributed by atoms with E-state index < -0.39 is 0 Å². The first kappa shape index (κ1) is 11.6. The Kier molecular flexibility index (Phi) is 3.91. The van der Waals surface area contributed by atoms with Gasteiger partial charge in [-0.05, 0) is 43.6 Å². The lowest BCUT2D eigenvalue weighted by Crippen LogP contribution is -2.41. The van der Waals surface area contributed by atoms with Crippen LogP contribution in [0.4, 0.5) is 4.39 Å². The summed E-state index contributed by atoms with van der Waals surface area (Å²) in [6, 6.07) is 7.77. The highest BCUT2D eigenvalue weighted by Crippen LogP contribution is 2.23. The molecule has 88 valence electrons. The van der Waals surface area contributed by atoms with E-state index in [4.69, 9.17) is 0 Å².